The number of aryl methyl sites for hydroxylation is 1. The monoisotopic (exact) mass is 1780 g/mol. The van der Waals surface area contributed by atoms with Crippen molar-refractivity contribution in [2.24, 2.45) is 51.1 Å². The maximum Gasteiger partial charge on any atom is 0.297 e. The van der Waals surface area contributed by atoms with E-state index in [1.165, 1.54) is 44.2 Å². The summed E-state index contributed by atoms with van der Waals surface area (Å²) in [4.78, 5) is -9.84. The molecule has 0 atom stereocenters. The van der Waals surface area contributed by atoms with Gasteiger partial charge in [0.15, 0.2) is 17.2 Å². The van der Waals surface area contributed by atoms with Crippen LogP contribution in [0, 0.1) is 6.92 Å². The molecule has 0 radical (unpaired) electrons. The summed E-state index contributed by atoms with van der Waals surface area (Å²) in [5.41, 5.74) is -7.96. The van der Waals surface area contributed by atoms with Gasteiger partial charge in [-0.1, -0.05) is 37.3 Å². The molecule has 14 N–H and O–H groups in total. The van der Waals surface area contributed by atoms with Crippen molar-refractivity contribution in [1.82, 2.24) is 0 Å². The van der Waals surface area contributed by atoms with Gasteiger partial charge in [0.1, 0.15) is 86.4 Å². The Hall–Kier alpha value is -11.6. The van der Waals surface area contributed by atoms with Gasteiger partial charge in [0.2, 0.25) is 0 Å². The van der Waals surface area contributed by atoms with Crippen LogP contribution in [0.15, 0.2) is 242 Å². The molecule has 0 saturated heterocycles. The standard InChI is InChI=1S/C64H53N11O32S9/c1-3-34(26-37(109(83,84)85)24-33-23-36(76)27-38(25-33)110(86,87)88)66-70-49-31-51(107-20-9-21-108(80,81)82)50(22-32(49)2)71-75-59-55(114(98,99)100)30-43-41(62(59)79)15-18-47(63(43)115(101,102)103)68-72-56-42-28-53(112(92,93)94)57(60(77)39(42)14-17-46(56)65-35-10-5-4-6-11-35)74-69-48-19-16-40-44(64(48)116(104,105)106)29-54(113(95,96)97)58(61(40)78)73-67-45-12-7-8-13-52(45)111(89,90)91/h4-8,10-19,22-31,65,76-79H,3,9,20-21H2,1-2H3,(H,80,81,82)(H,83,84,85)(H,86,87,88)(H,89,90,91)(H,92,93,94)(H,95,96,97)(H,98,99,100)(H,101,102,103)(H,104,105,106)/b34-26+,37-24+,70-66?,72-68?,73-67?,74-69?,75-71?. The molecule has 10 aromatic rings. The molecule has 116 heavy (non-hydrogen) atoms. The van der Waals surface area contributed by atoms with Gasteiger partial charge in [0.05, 0.1) is 39.2 Å². The molecule has 43 nitrogen and oxygen atoms in total. The molecule has 0 aromatic heterocycles. The van der Waals surface area contributed by atoms with E-state index in [4.69, 9.17) is 4.74 Å². The predicted molar refractivity (Wildman–Crippen MR) is 407 cm³/mol. The minimum Gasteiger partial charge on any atom is -0.508 e. The highest BCUT2D eigenvalue weighted by Crippen LogP contribution is 2.52. The number of ether oxygens (including phenoxy) is 1. The number of phenols is 4. The molecule has 10 rings (SSSR count). The average molecular weight is 1780 g/mol. The third-order valence-corrected chi connectivity index (χ3v) is 23.8. The maximum atomic E-state index is 13.6. The Morgan fingerprint density at radius 1 is 0.414 bits per heavy atom. The van der Waals surface area contributed by atoms with Gasteiger partial charge in [-0.2, -0.15) is 86.0 Å². The van der Waals surface area contributed by atoms with E-state index in [0.29, 0.717) is 36.4 Å². The van der Waals surface area contributed by atoms with Crippen molar-refractivity contribution < 1.29 is 142 Å². The topological polar surface area (TPSA) is 715 Å². The van der Waals surface area contributed by atoms with E-state index in [-0.39, 0.29) is 40.3 Å². The molecule has 0 aliphatic rings. The minimum atomic E-state index is -5.80. The van der Waals surface area contributed by atoms with Gasteiger partial charge in [-0.25, -0.2) is 0 Å². The average Bonchev–Trinajstić information content (AvgIpc) is 0.742. The predicted octanol–water partition coefficient (Wildman–Crippen LogP) is 13.4. The zero-order valence-corrected chi connectivity index (χ0v) is 65.3. The van der Waals surface area contributed by atoms with Crippen molar-refractivity contribution in [2.75, 3.05) is 17.7 Å². The van der Waals surface area contributed by atoms with E-state index in [1.54, 1.807) is 6.07 Å². The molecule has 0 fully saturated rings. The lowest BCUT2D eigenvalue weighted by Crippen LogP contribution is -2.08. The van der Waals surface area contributed by atoms with E-state index < -0.39 is 256 Å². The molecule has 0 spiro atoms. The lowest BCUT2D eigenvalue weighted by Gasteiger charge is -2.15. The Morgan fingerprint density at radius 2 is 0.871 bits per heavy atom. The van der Waals surface area contributed by atoms with Gasteiger partial charge < -0.3 is 30.5 Å². The molecule has 0 aliphatic carbocycles. The fourth-order valence-electron chi connectivity index (χ4n) is 10.9. The SMILES string of the molecule is CC/C(=C\C(=C/c1cc(O)cc(S(=O)(=O)O)c1)S(=O)(=O)O)N=Nc1cc(OCCCS(=O)(=O)O)c(N=Nc2c(S(=O)(=O)O)cc3c(S(=O)(=O)O)c(N=Nc4c(Nc5ccccc5)ccc5c(O)c(N=Nc6ccc7c(O)c(N=Nc8ccccc8S(=O)(=O)O)c(S(=O)(=O)O)cc7c6S(=O)(=O)O)c(S(=O)(=O)O)cc45)ccc3c2O)cc1C. The Labute approximate surface area is 655 Å². The summed E-state index contributed by atoms with van der Waals surface area (Å²) in [6.45, 7) is 2.25. The molecule has 52 heteroatoms. The molecule has 0 heterocycles. The number of nitrogens with one attached hydrogen (secondary N) is 1. The Bertz CT molecular complexity index is 7180. The van der Waals surface area contributed by atoms with Crippen LogP contribution in [0.25, 0.3) is 38.4 Å². The molecule has 0 aliphatic heterocycles. The third-order valence-electron chi connectivity index (χ3n) is 16.0. The first-order valence-corrected chi connectivity index (χ1v) is 44.6. The first-order chi connectivity index (χ1) is 53.7. The number of nitrogens with zero attached hydrogens (tertiary/aromatic N) is 10. The minimum absolute atomic E-state index is 0.0671. The number of phenolic OH excluding ortho intramolecular Hbond substituents is 4. The fourth-order valence-corrected chi connectivity index (χ4v) is 16.7. The van der Waals surface area contributed by atoms with Crippen LogP contribution in [0.4, 0.5) is 62.6 Å². The van der Waals surface area contributed by atoms with Crippen LogP contribution in [-0.2, 0) is 91.1 Å². The number of azo groups is 5. The largest absolute Gasteiger partial charge is 0.508 e. The fraction of sp³-hybridized carbons (Fsp3) is 0.0938. The molecule has 0 unspecified atom stereocenters. The Kier molecular flexibility index (Phi) is 24.4. The van der Waals surface area contributed by atoms with E-state index >= 15 is 0 Å². The maximum absolute atomic E-state index is 13.6. The summed E-state index contributed by atoms with van der Waals surface area (Å²) in [5, 5.41) is 82.4. The number of para-hydroxylation sites is 1. The van der Waals surface area contributed by atoms with Gasteiger partial charge >= 0.3 is 0 Å². The number of allylic oxidation sites excluding steroid dienone is 2. The molecular formula is C64H53N11O32S9. The number of hydrogen-bond donors (Lipinski definition) is 14. The second kappa shape index (κ2) is 32.6. The quantitative estimate of drug-likeness (QED) is 0.00937. The number of aromatic hydroxyl groups is 4. The zero-order valence-electron chi connectivity index (χ0n) is 58.0. The molecular weight excluding hydrogens is 1720 g/mol. The van der Waals surface area contributed by atoms with Gasteiger partial charge in [-0.3, -0.25) is 41.0 Å². The second-order valence-corrected chi connectivity index (χ2v) is 36.6. The van der Waals surface area contributed by atoms with Gasteiger partial charge in [-0.05, 0) is 140 Å². The molecule has 10 aromatic carbocycles. The smallest absolute Gasteiger partial charge is 0.297 e. The molecule has 0 saturated carbocycles. The van der Waals surface area contributed by atoms with Crippen molar-refractivity contribution in [2.45, 2.75) is 61.0 Å². The van der Waals surface area contributed by atoms with E-state index in [0.717, 1.165) is 78.9 Å². The highest BCUT2D eigenvalue weighted by molar-refractivity contribution is 7.90. The number of rotatable bonds is 28. The highest BCUT2D eigenvalue weighted by Gasteiger charge is 2.33. The first-order valence-electron chi connectivity index (χ1n) is 31.5. The summed E-state index contributed by atoms with van der Waals surface area (Å²) in [7, 11) is -48.5. The Morgan fingerprint density at radius 3 is 1.34 bits per heavy atom. The summed E-state index contributed by atoms with van der Waals surface area (Å²) in [5.74, 6) is -5.93. The molecule has 610 valence electrons. The summed E-state index contributed by atoms with van der Waals surface area (Å²) in [6, 6.07) is 22.8. The van der Waals surface area contributed by atoms with Crippen molar-refractivity contribution in [3.05, 3.63) is 167 Å². The second-order valence-electron chi connectivity index (χ2n) is 23.9. The van der Waals surface area contributed by atoms with Crippen molar-refractivity contribution in [3.8, 4) is 28.7 Å². The van der Waals surface area contributed by atoms with E-state index in [2.05, 4.69) is 56.5 Å². The normalized spacial score (nSPS) is 13.6. The summed E-state index contributed by atoms with van der Waals surface area (Å²) < 4.78 is 327. The highest BCUT2D eigenvalue weighted by atomic mass is 32.3. The lowest BCUT2D eigenvalue weighted by molar-refractivity contribution is 0.317. The molecule has 0 bridgehead atoms. The number of benzene rings is 10. The number of fused-ring (bicyclic) bond motifs is 3. The van der Waals surface area contributed by atoms with E-state index in [1.807, 2.05) is 0 Å². The van der Waals surface area contributed by atoms with Crippen molar-refractivity contribution >= 4 is 192 Å². The zero-order chi connectivity index (χ0) is 85.5. The van der Waals surface area contributed by atoms with E-state index in [9.17, 15) is 137 Å². The van der Waals surface area contributed by atoms with Crippen LogP contribution in [-0.4, -0.2) is 150 Å². The van der Waals surface area contributed by atoms with Crippen LogP contribution in [0.3, 0.4) is 0 Å². The summed E-state index contributed by atoms with van der Waals surface area (Å²) in [6.07, 6.45) is 0.927. The van der Waals surface area contributed by atoms with Crippen LogP contribution >= 0.6 is 0 Å². The Balaban J connectivity index is 1.09. The van der Waals surface area contributed by atoms with Crippen molar-refractivity contribution in [3.63, 3.8) is 0 Å². The number of anilines is 2. The van der Waals surface area contributed by atoms with Crippen LogP contribution in [0.5, 0.6) is 28.7 Å². The third kappa shape index (κ3) is 20.0. The lowest BCUT2D eigenvalue weighted by atomic mass is 10.0. The van der Waals surface area contributed by atoms with Crippen LogP contribution < -0.4 is 10.1 Å². The van der Waals surface area contributed by atoms with Gasteiger partial charge in [0.25, 0.3) is 91.1 Å². The van der Waals surface area contributed by atoms with Gasteiger partial charge in [0, 0.05) is 50.1 Å². The first kappa shape index (κ1) is 86.8. The number of hydrogen-bond acceptors (Lipinski definition) is 34. The van der Waals surface area contributed by atoms with Gasteiger partial charge in [-0.15, -0.1) is 40.9 Å². The molecule has 0 amide bonds. The van der Waals surface area contributed by atoms with Crippen LogP contribution in [0.2, 0.25) is 0 Å². The van der Waals surface area contributed by atoms with Crippen LogP contribution in [0.1, 0.15) is 30.9 Å². The summed E-state index contributed by atoms with van der Waals surface area (Å²) >= 11 is 0. The van der Waals surface area contributed by atoms with Crippen molar-refractivity contribution in [1.29, 1.82) is 0 Å².